The fraction of sp³-hybridized carbons (Fsp3) is 1.00. The summed E-state index contributed by atoms with van der Waals surface area (Å²) in [6, 6.07) is 0. The minimum atomic E-state index is 0.535. The first-order valence-electron chi connectivity index (χ1n) is 9.79. The lowest BCUT2D eigenvalue weighted by atomic mass is 10.6. The fourth-order valence-corrected chi connectivity index (χ4v) is 2.09. The molecule has 0 aliphatic carbocycles. The molecule has 2 N–H and O–H groups in total. The highest BCUT2D eigenvalue weighted by atomic mass is 127. The van der Waals surface area contributed by atoms with Crippen molar-refractivity contribution in [1.82, 2.24) is 0 Å². The van der Waals surface area contributed by atoms with Crippen LogP contribution in [0.3, 0.4) is 0 Å². The Bertz CT molecular complexity index is 254. The van der Waals surface area contributed by atoms with Crippen LogP contribution in [-0.4, -0.2) is 117 Å². The van der Waals surface area contributed by atoms with Crippen molar-refractivity contribution < 1.29 is 37.9 Å². The Kier molecular flexibility index (Phi) is 27.7. The number of nitrogens with two attached hydrogens (primary N) is 1. The standard InChI is InChI=1S/C18H38INO8/c19-1-3-21-5-7-23-9-11-25-13-15-27-17-18-28-16-14-26-12-10-24-8-6-22-4-2-20/h1-18,20H2. The largest absolute Gasteiger partial charge is 0.378 e. The van der Waals surface area contributed by atoms with Crippen molar-refractivity contribution >= 4 is 22.6 Å². The van der Waals surface area contributed by atoms with Gasteiger partial charge in [0.25, 0.3) is 0 Å². The summed E-state index contributed by atoms with van der Waals surface area (Å²) in [5.41, 5.74) is 5.31. The first-order chi connectivity index (χ1) is 13.9. The van der Waals surface area contributed by atoms with E-state index in [4.69, 9.17) is 43.6 Å². The van der Waals surface area contributed by atoms with Gasteiger partial charge in [-0.15, -0.1) is 0 Å². The van der Waals surface area contributed by atoms with E-state index in [1.807, 2.05) is 0 Å². The maximum Gasteiger partial charge on any atom is 0.0701 e. The van der Waals surface area contributed by atoms with Crippen LogP contribution in [-0.2, 0) is 37.9 Å². The van der Waals surface area contributed by atoms with E-state index in [-0.39, 0.29) is 0 Å². The molecule has 0 aromatic rings. The van der Waals surface area contributed by atoms with Gasteiger partial charge in [-0.25, -0.2) is 0 Å². The van der Waals surface area contributed by atoms with Crippen LogP contribution in [0.1, 0.15) is 0 Å². The second-order valence-corrected chi connectivity index (χ2v) is 6.46. The van der Waals surface area contributed by atoms with Crippen molar-refractivity contribution in [2.75, 3.05) is 117 Å². The summed E-state index contributed by atoms with van der Waals surface area (Å²) in [5, 5.41) is 0. The average molecular weight is 523 g/mol. The van der Waals surface area contributed by atoms with E-state index in [1.165, 1.54) is 0 Å². The van der Waals surface area contributed by atoms with Crippen LogP contribution < -0.4 is 5.73 Å². The molecule has 0 aromatic carbocycles. The second-order valence-electron chi connectivity index (χ2n) is 5.38. The van der Waals surface area contributed by atoms with Crippen LogP contribution in [0, 0.1) is 0 Å². The monoisotopic (exact) mass is 523 g/mol. The van der Waals surface area contributed by atoms with Gasteiger partial charge >= 0.3 is 0 Å². The summed E-state index contributed by atoms with van der Waals surface area (Å²) in [6.45, 7) is 9.73. The highest BCUT2D eigenvalue weighted by Gasteiger charge is 1.94. The molecule has 10 heteroatoms. The second kappa shape index (κ2) is 27.4. The summed E-state index contributed by atoms with van der Waals surface area (Å²) in [6.07, 6.45) is 0. The third-order valence-electron chi connectivity index (χ3n) is 3.09. The molecule has 0 atom stereocenters. The minimum Gasteiger partial charge on any atom is -0.378 e. The smallest absolute Gasteiger partial charge is 0.0701 e. The Morgan fingerprint density at radius 2 is 0.571 bits per heavy atom. The van der Waals surface area contributed by atoms with Gasteiger partial charge in [0.2, 0.25) is 0 Å². The average Bonchev–Trinajstić information content (AvgIpc) is 2.71. The van der Waals surface area contributed by atoms with E-state index in [9.17, 15) is 0 Å². The van der Waals surface area contributed by atoms with Gasteiger partial charge in [0.05, 0.1) is 106 Å². The number of hydrogen-bond donors (Lipinski definition) is 1. The molecule has 0 fully saturated rings. The van der Waals surface area contributed by atoms with Crippen LogP contribution in [0.15, 0.2) is 0 Å². The molecule has 0 aliphatic heterocycles. The molecular weight excluding hydrogens is 485 g/mol. The lowest BCUT2D eigenvalue weighted by Crippen LogP contribution is -2.15. The molecule has 9 nitrogen and oxygen atoms in total. The first kappa shape index (κ1) is 28.4. The fourth-order valence-electron chi connectivity index (χ4n) is 1.78. The molecule has 0 saturated carbocycles. The minimum absolute atomic E-state index is 0.535. The maximum absolute atomic E-state index is 5.41. The third-order valence-corrected chi connectivity index (χ3v) is 3.53. The van der Waals surface area contributed by atoms with E-state index in [0.717, 1.165) is 11.0 Å². The van der Waals surface area contributed by atoms with Crippen LogP contribution in [0.2, 0.25) is 0 Å². The Hall–Kier alpha value is 0.370. The van der Waals surface area contributed by atoms with E-state index in [0.29, 0.717) is 106 Å². The molecule has 28 heavy (non-hydrogen) atoms. The van der Waals surface area contributed by atoms with Crippen LogP contribution in [0.25, 0.3) is 0 Å². The molecule has 0 aliphatic rings. The predicted octanol–water partition coefficient (Wildman–Crippen LogP) is 0.513. The van der Waals surface area contributed by atoms with Crippen LogP contribution >= 0.6 is 22.6 Å². The molecule has 0 radical (unpaired) electrons. The highest BCUT2D eigenvalue weighted by molar-refractivity contribution is 14.1. The van der Waals surface area contributed by atoms with Gasteiger partial charge in [-0.3, -0.25) is 0 Å². The molecule has 0 heterocycles. The topological polar surface area (TPSA) is 99.9 Å². The summed E-state index contributed by atoms with van der Waals surface area (Å²) in [4.78, 5) is 0. The summed E-state index contributed by atoms with van der Waals surface area (Å²) in [7, 11) is 0. The van der Waals surface area contributed by atoms with Crippen molar-refractivity contribution in [3.05, 3.63) is 0 Å². The Morgan fingerprint density at radius 1 is 0.357 bits per heavy atom. The van der Waals surface area contributed by atoms with Gasteiger partial charge in [0, 0.05) is 11.0 Å². The first-order valence-corrected chi connectivity index (χ1v) is 11.3. The van der Waals surface area contributed by atoms with Crippen molar-refractivity contribution in [3.63, 3.8) is 0 Å². The van der Waals surface area contributed by atoms with Crippen LogP contribution in [0.5, 0.6) is 0 Å². The highest BCUT2D eigenvalue weighted by Crippen LogP contribution is 1.86. The molecule has 0 bridgehead atoms. The third kappa shape index (κ3) is 26.4. The summed E-state index contributed by atoms with van der Waals surface area (Å²) >= 11 is 2.28. The predicted molar refractivity (Wildman–Crippen MR) is 114 cm³/mol. The van der Waals surface area contributed by atoms with Gasteiger partial charge in [0.1, 0.15) is 0 Å². The Labute approximate surface area is 182 Å². The van der Waals surface area contributed by atoms with E-state index >= 15 is 0 Å². The maximum atomic E-state index is 5.41. The zero-order valence-corrected chi connectivity index (χ0v) is 19.1. The van der Waals surface area contributed by atoms with Gasteiger partial charge in [0.15, 0.2) is 0 Å². The number of ether oxygens (including phenoxy) is 8. The summed E-state index contributed by atoms with van der Waals surface area (Å²) < 4.78 is 43.8. The molecule has 0 rings (SSSR count). The molecule has 170 valence electrons. The van der Waals surface area contributed by atoms with Gasteiger partial charge in [-0.05, 0) is 0 Å². The molecule has 0 spiro atoms. The Morgan fingerprint density at radius 3 is 0.786 bits per heavy atom. The normalized spacial score (nSPS) is 11.4. The molecule has 0 amide bonds. The van der Waals surface area contributed by atoms with Gasteiger partial charge in [-0.1, -0.05) is 22.6 Å². The Balaban J connectivity index is 2.96. The van der Waals surface area contributed by atoms with E-state index in [1.54, 1.807) is 0 Å². The van der Waals surface area contributed by atoms with Crippen molar-refractivity contribution in [1.29, 1.82) is 0 Å². The lowest BCUT2D eigenvalue weighted by molar-refractivity contribution is -0.0226. The van der Waals surface area contributed by atoms with E-state index in [2.05, 4.69) is 22.6 Å². The summed E-state index contributed by atoms with van der Waals surface area (Å²) in [5.74, 6) is 0. The van der Waals surface area contributed by atoms with Crippen LogP contribution in [0.4, 0.5) is 0 Å². The van der Waals surface area contributed by atoms with Crippen molar-refractivity contribution in [2.24, 2.45) is 5.73 Å². The zero-order valence-electron chi connectivity index (χ0n) is 16.9. The number of hydrogen-bond acceptors (Lipinski definition) is 9. The zero-order chi connectivity index (χ0) is 20.4. The number of rotatable bonds is 25. The van der Waals surface area contributed by atoms with E-state index < -0.39 is 0 Å². The quantitative estimate of drug-likeness (QED) is 0.104. The molecule has 0 saturated heterocycles. The SMILES string of the molecule is NCCOCCOCCOCCOCCOCCOCCOCCOCCI. The van der Waals surface area contributed by atoms with Gasteiger partial charge < -0.3 is 43.6 Å². The van der Waals surface area contributed by atoms with Crippen molar-refractivity contribution in [3.8, 4) is 0 Å². The van der Waals surface area contributed by atoms with Crippen molar-refractivity contribution in [2.45, 2.75) is 0 Å². The molecule has 0 aromatic heterocycles. The molecular formula is C18H38INO8. The molecule has 0 unspecified atom stereocenters. The number of alkyl halides is 1. The van der Waals surface area contributed by atoms with Gasteiger partial charge in [-0.2, -0.15) is 0 Å². The number of halogens is 1. The lowest BCUT2D eigenvalue weighted by Gasteiger charge is -2.08.